The van der Waals surface area contributed by atoms with Gasteiger partial charge >= 0.3 is 0 Å². The molecule has 1 aromatic heterocycles. The number of para-hydroxylation sites is 1. The third-order valence-electron chi connectivity index (χ3n) is 5.09. The molecule has 0 saturated heterocycles. The molecular weight excluding hydrogens is 327 g/mol. The SMILES string of the molecule is O=C1c2ccccc2NC1(c1ccccc1)c1c[nH]c2cc(F)ccc12. The van der Waals surface area contributed by atoms with Crippen LogP contribution in [0.25, 0.3) is 10.9 Å². The number of hydrogen-bond donors (Lipinski definition) is 2. The zero-order chi connectivity index (χ0) is 17.7. The Kier molecular flexibility index (Phi) is 3.04. The minimum Gasteiger partial charge on any atom is -0.365 e. The molecule has 126 valence electrons. The van der Waals surface area contributed by atoms with Gasteiger partial charge in [-0.05, 0) is 35.9 Å². The van der Waals surface area contributed by atoms with Gasteiger partial charge in [0, 0.05) is 33.9 Å². The summed E-state index contributed by atoms with van der Waals surface area (Å²) in [6.07, 6.45) is 1.80. The maximum absolute atomic E-state index is 13.6. The lowest BCUT2D eigenvalue weighted by Gasteiger charge is -2.29. The average molecular weight is 342 g/mol. The van der Waals surface area contributed by atoms with E-state index in [4.69, 9.17) is 0 Å². The van der Waals surface area contributed by atoms with Crippen molar-refractivity contribution in [2.24, 2.45) is 0 Å². The molecule has 1 atom stereocenters. The average Bonchev–Trinajstić information content (AvgIpc) is 3.22. The summed E-state index contributed by atoms with van der Waals surface area (Å²) in [6.45, 7) is 0. The van der Waals surface area contributed by atoms with E-state index in [1.165, 1.54) is 12.1 Å². The molecule has 0 amide bonds. The standard InChI is InChI=1S/C22H15FN2O/c23-15-10-11-16-18(13-24-20(16)12-15)22(14-6-2-1-3-7-14)21(26)17-8-4-5-9-19(17)25-22/h1-13,24-25H. The summed E-state index contributed by atoms with van der Waals surface area (Å²) < 4.78 is 13.6. The first-order valence-electron chi connectivity index (χ1n) is 8.45. The van der Waals surface area contributed by atoms with Crippen molar-refractivity contribution in [1.29, 1.82) is 0 Å². The number of hydrogen-bond acceptors (Lipinski definition) is 2. The number of aromatic amines is 1. The summed E-state index contributed by atoms with van der Waals surface area (Å²) in [7, 11) is 0. The minimum absolute atomic E-state index is 0.00970. The van der Waals surface area contributed by atoms with Gasteiger partial charge in [-0.25, -0.2) is 4.39 Å². The van der Waals surface area contributed by atoms with E-state index in [1.54, 1.807) is 12.3 Å². The first kappa shape index (κ1) is 14.9. The normalized spacial score (nSPS) is 18.7. The zero-order valence-corrected chi connectivity index (χ0v) is 13.8. The molecule has 5 rings (SSSR count). The molecule has 26 heavy (non-hydrogen) atoms. The van der Waals surface area contributed by atoms with E-state index in [0.717, 1.165) is 22.2 Å². The molecular formula is C22H15FN2O. The van der Waals surface area contributed by atoms with Crippen LogP contribution in [0.4, 0.5) is 10.1 Å². The third-order valence-corrected chi connectivity index (χ3v) is 5.09. The van der Waals surface area contributed by atoms with Gasteiger partial charge in [0.05, 0.1) is 0 Å². The Morgan fingerprint density at radius 2 is 1.65 bits per heavy atom. The van der Waals surface area contributed by atoms with Crippen LogP contribution in [0, 0.1) is 5.82 Å². The summed E-state index contributed by atoms with van der Waals surface area (Å²) in [6, 6.07) is 21.8. The summed E-state index contributed by atoms with van der Waals surface area (Å²) in [5, 5.41) is 4.28. The number of rotatable bonds is 2. The molecule has 2 heterocycles. The van der Waals surface area contributed by atoms with Crippen LogP contribution in [-0.2, 0) is 5.54 Å². The van der Waals surface area contributed by atoms with Crippen LogP contribution >= 0.6 is 0 Å². The van der Waals surface area contributed by atoms with Gasteiger partial charge in [0.2, 0.25) is 0 Å². The van der Waals surface area contributed by atoms with E-state index >= 15 is 0 Å². The predicted molar refractivity (Wildman–Crippen MR) is 99.9 cm³/mol. The first-order chi connectivity index (χ1) is 12.7. The van der Waals surface area contributed by atoms with Crippen molar-refractivity contribution < 1.29 is 9.18 Å². The third kappa shape index (κ3) is 1.90. The van der Waals surface area contributed by atoms with Crippen molar-refractivity contribution in [3.63, 3.8) is 0 Å². The molecule has 1 aliphatic heterocycles. The molecule has 0 radical (unpaired) electrons. The number of aromatic nitrogens is 1. The molecule has 4 aromatic rings. The summed E-state index contributed by atoms with van der Waals surface area (Å²) in [4.78, 5) is 16.7. The van der Waals surface area contributed by atoms with Crippen LogP contribution in [0.15, 0.2) is 79.0 Å². The molecule has 1 aliphatic rings. The number of halogens is 1. The van der Waals surface area contributed by atoms with E-state index < -0.39 is 5.54 Å². The van der Waals surface area contributed by atoms with E-state index in [0.29, 0.717) is 11.1 Å². The Labute approximate surface area is 149 Å². The quantitative estimate of drug-likeness (QED) is 0.546. The fraction of sp³-hybridized carbons (Fsp3) is 0.0455. The van der Waals surface area contributed by atoms with Gasteiger partial charge in [0.15, 0.2) is 11.3 Å². The molecule has 3 nitrogen and oxygen atoms in total. The molecule has 4 heteroatoms. The summed E-state index contributed by atoms with van der Waals surface area (Å²) in [5.74, 6) is -0.321. The number of H-pyrrole nitrogens is 1. The highest BCUT2D eigenvalue weighted by molar-refractivity contribution is 6.17. The van der Waals surface area contributed by atoms with Crippen LogP contribution in [0.2, 0.25) is 0 Å². The fourth-order valence-electron chi connectivity index (χ4n) is 3.90. The monoisotopic (exact) mass is 342 g/mol. The first-order valence-corrected chi connectivity index (χ1v) is 8.45. The number of anilines is 1. The van der Waals surface area contributed by atoms with Crippen LogP contribution in [0.5, 0.6) is 0 Å². The number of benzene rings is 3. The van der Waals surface area contributed by atoms with Gasteiger partial charge in [0.25, 0.3) is 0 Å². The molecule has 3 aromatic carbocycles. The number of ketones is 1. The molecule has 0 bridgehead atoms. The van der Waals surface area contributed by atoms with Gasteiger partial charge in [-0.15, -0.1) is 0 Å². The van der Waals surface area contributed by atoms with E-state index in [9.17, 15) is 9.18 Å². The lowest BCUT2D eigenvalue weighted by atomic mass is 9.79. The van der Waals surface area contributed by atoms with E-state index in [1.807, 2.05) is 54.6 Å². The van der Waals surface area contributed by atoms with Crippen LogP contribution in [0.3, 0.4) is 0 Å². The maximum Gasteiger partial charge on any atom is 0.199 e. The van der Waals surface area contributed by atoms with Gasteiger partial charge in [-0.3, -0.25) is 4.79 Å². The van der Waals surface area contributed by atoms with Crippen molar-refractivity contribution in [1.82, 2.24) is 4.98 Å². The number of carbonyl (C=O) groups excluding carboxylic acids is 1. The van der Waals surface area contributed by atoms with E-state index in [-0.39, 0.29) is 11.6 Å². The van der Waals surface area contributed by atoms with Gasteiger partial charge < -0.3 is 10.3 Å². The number of Topliss-reactive ketones (excluding diaryl/α,β-unsaturated/α-hetero) is 1. The molecule has 0 fully saturated rings. The summed E-state index contributed by atoms with van der Waals surface area (Å²) >= 11 is 0. The second-order valence-corrected chi connectivity index (χ2v) is 6.51. The van der Waals surface area contributed by atoms with Crippen LogP contribution in [-0.4, -0.2) is 10.8 Å². The second kappa shape index (κ2) is 5.30. The molecule has 0 aliphatic carbocycles. The number of carbonyl (C=O) groups is 1. The predicted octanol–water partition coefficient (Wildman–Crippen LogP) is 4.86. The van der Waals surface area contributed by atoms with Crippen LogP contribution in [0.1, 0.15) is 21.5 Å². The Morgan fingerprint density at radius 1 is 0.885 bits per heavy atom. The Bertz CT molecular complexity index is 1150. The van der Waals surface area contributed by atoms with Crippen LogP contribution < -0.4 is 5.32 Å². The second-order valence-electron chi connectivity index (χ2n) is 6.51. The number of nitrogens with one attached hydrogen (secondary N) is 2. The van der Waals surface area contributed by atoms with E-state index in [2.05, 4.69) is 10.3 Å². The van der Waals surface area contributed by atoms with Gasteiger partial charge in [0.1, 0.15) is 5.82 Å². The number of fused-ring (bicyclic) bond motifs is 2. The van der Waals surface area contributed by atoms with Crippen molar-refractivity contribution in [3.05, 3.63) is 102 Å². The Morgan fingerprint density at radius 3 is 2.46 bits per heavy atom. The Hall–Kier alpha value is -3.40. The lowest BCUT2D eigenvalue weighted by Crippen LogP contribution is -2.39. The van der Waals surface area contributed by atoms with Gasteiger partial charge in [-0.2, -0.15) is 0 Å². The highest BCUT2D eigenvalue weighted by atomic mass is 19.1. The molecule has 0 saturated carbocycles. The topological polar surface area (TPSA) is 44.9 Å². The smallest absolute Gasteiger partial charge is 0.199 e. The minimum atomic E-state index is -1.04. The highest BCUT2D eigenvalue weighted by Crippen LogP contribution is 2.45. The highest BCUT2D eigenvalue weighted by Gasteiger charge is 2.49. The molecule has 2 N–H and O–H groups in total. The van der Waals surface area contributed by atoms with Crippen molar-refractivity contribution in [2.75, 3.05) is 5.32 Å². The molecule has 0 spiro atoms. The lowest BCUT2D eigenvalue weighted by molar-refractivity contribution is 0.0941. The van der Waals surface area contributed by atoms with Crippen molar-refractivity contribution >= 4 is 22.4 Å². The maximum atomic E-state index is 13.6. The molecule has 1 unspecified atom stereocenters. The van der Waals surface area contributed by atoms with Crippen molar-refractivity contribution in [3.8, 4) is 0 Å². The fourth-order valence-corrected chi connectivity index (χ4v) is 3.90. The van der Waals surface area contributed by atoms with Gasteiger partial charge in [-0.1, -0.05) is 42.5 Å². The zero-order valence-electron chi connectivity index (χ0n) is 13.8. The Balaban J connectivity index is 1.83. The van der Waals surface area contributed by atoms with Crippen molar-refractivity contribution in [2.45, 2.75) is 5.54 Å². The largest absolute Gasteiger partial charge is 0.365 e. The summed E-state index contributed by atoms with van der Waals surface area (Å²) in [5.41, 5.74) is 2.74.